The summed E-state index contributed by atoms with van der Waals surface area (Å²) in [4.78, 5) is 0. The van der Waals surface area contributed by atoms with Crippen molar-refractivity contribution in [2.75, 3.05) is 25.5 Å². The minimum absolute atomic E-state index is 0.350. The number of hydrogen-bond acceptors (Lipinski definition) is 5. The van der Waals surface area contributed by atoms with Gasteiger partial charge in [0.2, 0.25) is 0 Å². The van der Waals surface area contributed by atoms with E-state index in [2.05, 4.69) is 5.32 Å². The molecule has 2 rings (SSSR count). The highest BCUT2D eigenvalue weighted by molar-refractivity contribution is 7.91. The van der Waals surface area contributed by atoms with Gasteiger partial charge in [0.25, 0.3) is 10.0 Å². The van der Waals surface area contributed by atoms with Gasteiger partial charge >= 0.3 is 0 Å². The molecule has 5 nitrogen and oxygen atoms in total. The molecule has 0 aliphatic carbocycles. The van der Waals surface area contributed by atoms with Gasteiger partial charge in [-0.05, 0) is 35.7 Å². The van der Waals surface area contributed by atoms with Gasteiger partial charge in [-0.1, -0.05) is 6.07 Å². The number of thiophene rings is 1. The molecule has 0 unspecified atom stereocenters. The van der Waals surface area contributed by atoms with Crippen LogP contribution in [0.15, 0.2) is 46.0 Å². The predicted octanol–water partition coefficient (Wildman–Crippen LogP) is 2.35. The van der Waals surface area contributed by atoms with Crippen molar-refractivity contribution in [3.05, 3.63) is 47.3 Å². The second-order valence-electron chi connectivity index (χ2n) is 4.37. The van der Waals surface area contributed by atoms with Gasteiger partial charge in [0.05, 0.1) is 11.6 Å². The average Bonchev–Trinajstić information content (AvgIpc) is 3.02. The van der Waals surface area contributed by atoms with Crippen LogP contribution in [-0.4, -0.2) is 32.9 Å². The molecule has 0 atom stereocenters. The van der Waals surface area contributed by atoms with Crippen molar-refractivity contribution in [3.8, 4) is 6.07 Å². The Balaban J connectivity index is 1.89. The minimum atomic E-state index is -3.39. The van der Waals surface area contributed by atoms with Crippen LogP contribution in [0, 0.1) is 11.3 Å². The van der Waals surface area contributed by atoms with Crippen molar-refractivity contribution in [3.63, 3.8) is 0 Å². The zero-order valence-corrected chi connectivity index (χ0v) is 13.1. The smallest absolute Gasteiger partial charge is 0.252 e. The molecule has 1 aromatic carbocycles. The SMILES string of the molecule is CN(CCNc1ccc(C#N)cc1)S(=O)(=O)c1cccs1. The van der Waals surface area contributed by atoms with Gasteiger partial charge in [0.15, 0.2) is 0 Å². The van der Waals surface area contributed by atoms with Crippen LogP contribution in [0.25, 0.3) is 0 Å². The number of anilines is 1. The molecule has 110 valence electrons. The minimum Gasteiger partial charge on any atom is -0.384 e. The number of rotatable bonds is 6. The number of hydrogen-bond donors (Lipinski definition) is 1. The van der Waals surface area contributed by atoms with Crippen LogP contribution >= 0.6 is 11.3 Å². The Kier molecular flexibility index (Phi) is 4.96. The Morgan fingerprint density at radius 1 is 1.29 bits per heavy atom. The first-order valence-electron chi connectivity index (χ1n) is 6.28. The number of nitrogens with zero attached hydrogens (tertiary/aromatic N) is 2. The van der Waals surface area contributed by atoms with E-state index in [1.807, 2.05) is 6.07 Å². The van der Waals surface area contributed by atoms with Gasteiger partial charge in [-0.3, -0.25) is 0 Å². The van der Waals surface area contributed by atoms with E-state index in [-0.39, 0.29) is 0 Å². The van der Waals surface area contributed by atoms with Crippen molar-refractivity contribution in [2.24, 2.45) is 0 Å². The molecule has 2 aromatic rings. The summed E-state index contributed by atoms with van der Waals surface area (Å²) in [7, 11) is -1.83. The van der Waals surface area contributed by atoms with Crippen molar-refractivity contribution < 1.29 is 8.42 Å². The van der Waals surface area contributed by atoms with E-state index in [4.69, 9.17) is 5.26 Å². The summed E-state index contributed by atoms with van der Waals surface area (Å²) < 4.78 is 26.1. The topological polar surface area (TPSA) is 73.2 Å². The number of likely N-dealkylation sites (N-methyl/N-ethyl adjacent to an activating group) is 1. The van der Waals surface area contributed by atoms with Gasteiger partial charge in [-0.25, -0.2) is 8.42 Å². The lowest BCUT2D eigenvalue weighted by Crippen LogP contribution is -2.31. The highest BCUT2D eigenvalue weighted by atomic mass is 32.2. The Morgan fingerprint density at radius 2 is 2.00 bits per heavy atom. The van der Waals surface area contributed by atoms with Crippen LogP contribution in [0.5, 0.6) is 0 Å². The van der Waals surface area contributed by atoms with Crippen LogP contribution < -0.4 is 5.32 Å². The lowest BCUT2D eigenvalue weighted by Gasteiger charge is -2.16. The van der Waals surface area contributed by atoms with Crippen molar-refractivity contribution in [1.82, 2.24) is 4.31 Å². The van der Waals surface area contributed by atoms with E-state index in [1.54, 1.807) is 48.8 Å². The fraction of sp³-hybridized carbons (Fsp3) is 0.214. The van der Waals surface area contributed by atoms with E-state index >= 15 is 0 Å². The van der Waals surface area contributed by atoms with Crippen LogP contribution in [0.3, 0.4) is 0 Å². The van der Waals surface area contributed by atoms with E-state index in [0.717, 1.165) is 5.69 Å². The Labute approximate surface area is 128 Å². The fourth-order valence-electron chi connectivity index (χ4n) is 1.70. The number of nitrogens with one attached hydrogen (secondary N) is 1. The van der Waals surface area contributed by atoms with Crippen molar-refractivity contribution in [1.29, 1.82) is 5.26 Å². The molecule has 0 radical (unpaired) electrons. The highest BCUT2D eigenvalue weighted by Gasteiger charge is 2.20. The molecule has 1 aromatic heterocycles. The fourth-order valence-corrected chi connectivity index (χ4v) is 4.08. The van der Waals surface area contributed by atoms with Crippen molar-refractivity contribution in [2.45, 2.75) is 4.21 Å². The third-order valence-corrected chi connectivity index (χ3v) is 6.16. The van der Waals surface area contributed by atoms with Gasteiger partial charge in [0.1, 0.15) is 4.21 Å². The Hall–Kier alpha value is -1.88. The summed E-state index contributed by atoms with van der Waals surface area (Å²) in [5, 5.41) is 13.6. The molecule has 0 fully saturated rings. The average molecular weight is 321 g/mol. The first-order valence-corrected chi connectivity index (χ1v) is 8.60. The van der Waals surface area contributed by atoms with E-state index in [9.17, 15) is 8.42 Å². The highest BCUT2D eigenvalue weighted by Crippen LogP contribution is 2.19. The number of sulfonamides is 1. The summed E-state index contributed by atoms with van der Waals surface area (Å²) in [5.74, 6) is 0. The normalized spacial score (nSPS) is 11.3. The van der Waals surface area contributed by atoms with Gasteiger partial charge in [-0.2, -0.15) is 9.57 Å². The molecule has 0 aliphatic heterocycles. The lowest BCUT2D eigenvalue weighted by atomic mass is 10.2. The molecule has 0 spiro atoms. The molecular formula is C14H15N3O2S2. The lowest BCUT2D eigenvalue weighted by molar-refractivity contribution is 0.482. The van der Waals surface area contributed by atoms with Crippen LogP contribution in [0.2, 0.25) is 0 Å². The largest absolute Gasteiger partial charge is 0.384 e. The quantitative estimate of drug-likeness (QED) is 0.886. The zero-order chi connectivity index (χ0) is 15.3. The monoisotopic (exact) mass is 321 g/mol. The molecule has 0 saturated heterocycles. The summed E-state index contributed by atoms with van der Waals surface area (Å²) in [5.41, 5.74) is 1.45. The van der Waals surface area contributed by atoms with Crippen molar-refractivity contribution >= 4 is 27.0 Å². The van der Waals surface area contributed by atoms with Gasteiger partial charge < -0.3 is 5.32 Å². The third-order valence-electron chi connectivity index (χ3n) is 2.93. The second kappa shape index (κ2) is 6.72. The molecule has 21 heavy (non-hydrogen) atoms. The molecular weight excluding hydrogens is 306 g/mol. The standard InChI is InChI=1S/C14H15N3O2S2/c1-17(21(18,19)14-3-2-10-20-14)9-8-16-13-6-4-12(11-15)5-7-13/h2-7,10,16H,8-9H2,1H3. The maximum atomic E-state index is 12.2. The molecule has 0 aliphatic rings. The molecule has 0 saturated carbocycles. The zero-order valence-electron chi connectivity index (χ0n) is 11.5. The molecule has 1 heterocycles. The Bertz CT molecular complexity index is 717. The summed E-state index contributed by atoms with van der Waals surface area (Å²) in [6, 6.07) is 12.4. The second-order valence-corrected chi connectivity index (χ2v) is 7.59. The Morgan fingerprint density at radius 3 is 2.57 bits per heavy atom. The van der Waals surface area contributed by atoms with Crippen LogP contribution in [0.4, 0.5) is 5.69 Å². The number of nitriles is 1. The van der Waals surface area contributed by atoms with Gasteiger partial charge in [0, 0.05) is 25.8 Å². The number of benzene rings is 1. The maximum Gasteiger partial charge on any atom is 0.252 e. The summed E-state index contributed by atoms with van der Waals surface area (Å²) in [6.07, 6.45) is 0. The maximum absolute atomic E-state index is 12.2. The third kappa shape index (κ3) is 3.82. The van der Waals surface area contributed by atoms with Crippen LogP contribution in [0.1, 0.15) is 5.56 Å². The first kappa shape index (κ1) is 15.5. The summed E-state index contributed by atoms with van der Waals surface area (Å²) in [6.45, 7) is 0.854. The molecule has 0 bridgehead atoms. The first-order chi connectivity index (χ1) is 10.0. The molecule has 0 amide bonds. The van der Waals surface area contributed by atoms with Gasteiger partial charge in [-0.15, -0.1) is 11.3 Å². The van der Waals surface area contributed by atoms with E-state index < -0.39 is 10.0 Å². The van der Waals surface area contributed by atoms with E-state index in [0.29, 0.717) is 22.9 Å². The summed E-state index contributed by atoms with van der Waals surface area (Å²) >= 11 is 1.21. The van der Waals surface area contributed by atoms with Crippen LogP contribution in [-0.2, 0) is 10.0 Å². The molecule has 1 N–H and O–H groups in total. The van der Waals surface area contributed by atoms with E-state index in [1.165, 1.54) is 15.6 Å². The predicted molar refractivity (Wildman–Crippen MR) is 83.8 cm³/mol. The molecule has 7 heteroatoms.